The summed E-state index contributed by atoms with van der Waals surface area (Å²) in [5.74, 6) is 2.42. The molecule has 0 unspecified atom stereocenters. The van der Waals surface area contributed by atoms with Gasteiger partial charge in [-0.1, -0.05) is 45.0 Å². The van der Waals surface area contributed by atoms with Crippen molar-refractivity contribution < 1.29 is 14.2 Å². The number of rotatable bonds is 3. The van der Waals surface area contributed by atoms with Crippen molar-refractivity contribution in [2.75, 3.05) is 6.79 Å². The van der Waals surface area contributed by atoms with Crippen LogP contribution in [0.5, 0.6) is 17.2 Å². The number of hydrogen-bond acceptors (Lipinski definition) is 3. The summed E-state index contributed by atoms with van der Waals surface area (Å²) in [5.41, 5.74) is 3.54. The first-order valence-corrected chi connectivity index (χ1v) is 7.56. The molecule has 0 N–H and O–H groups in total. The highest BCUT2D eigenvalue weighted by Gasteiger charge is 2.25. The van der Waals surface area contributed by atoms with Gasteiger partial charge >= 0.3 is 0 Å². The van der Waals surface area contributed by atoms with E-state index >= 15 is 0 Å². The highest BCUT2D eigenvalue weighted by molar-refractivity contribution is 5.54. The standard InChI is InChI=1S/C19H22O3/c1-13-7-5-6-8-14(13)11-20-16-10-18-17(21-12-22-18)9-15(16)19(2,3)4/h5-10H,11-12H2,1-4H3. The third-order valence-corrected chi connectivity index (χ3v) is 3.93. The second kappa shape index (κ2) is 5.56. The van der Waals surface area contributed by atoms with Gasteiger partial charge in [0.2, 0.25) is 6.79 Å². The lowest BCUT2D eigenvalue weighted by Crippen LogP contribution is -2.13. The Kier molecular flexibility index (Phi) is 3.73. The van der Waals surface area contributed by atoms with E-state index in [1.807, 2.05) is 24.3 Å². The predicted octanol–water partition coefficient (Wildman–Crippen LogP) is 4.60. The van der Waals surface area contributed by atoms with Crippen LogP contribution in [0, 0.1) is 6.92 Å². The number of benzene rings is 2. The average molecular weight is 298 g/mol. The number of fused-ring (bicyclic) bond motifs is 1. The van der Waals surface area contributed by atoms with Crippen molar-refractivity contribution in [1.29, 1.82) is 0 Å². The summed E-state index contributed by atoms with van der Waals surface area (Å²) < 4.78 is 17.1. The van der Waals surface area contributed by atoms with Crippen LogP contribution in [-0.4, -0.2) is 6.79 Å². The molecule has 3 rings (SSSR count). The lowest BCUT2D eigenvalue weighted by molar-refractivity contribution is 0.173. The Balaban J connectivity index is 1.91. The zero-order chi connectivity index (χ0) is 15.7. The molecule has 1 aliphatic rings. The summed E-state index contributed by atoms with van der Waals surface area (Å²) in [5, 5.41) is 0. The smallest absolute Gasteiger partial charge is 0.231 e. The van der Waals surface area contributed by atoms with Crippen molar-refractivity contribution >= 4 is 0 Å². The maximum atomic E-state index is 6.12. The molecule has 0 saturated heterocycles. The van der Waals surface area contributed by atoms with E-state index in [0.29, 0.717) is 6.61 Å². The molecule has 0 fully saturated rings. The molecule has 22 heavy (non-hydrogen) atoms. The van der Waals surface area contributed by atoms with Gasteiger partial charge in [-0.3, -0.25) is 0 Å². The molecule has 2 aromatic rings. The van der Waals surface area contributed by atoms with Crippen LogP contribution in [0.15, 0.2) is 36.4 Å². The summed E-state index contributed by atoms with van der Waals surface area (Å²) >= 11 is 0. The van der Waals surface area contributed by atoms with Crippen LogP contribution in [-0.2, 0) is 12.0 Å². The maximum Gasteiger partial charge on any atom is 0.231 e. The molecule has 0 saturated carbocycles. The molecule has 0 spiro atoms. The Morgan fingerprint density at radius 1 is 1.05 bits per heavy atom. The molecule has 116 valence electrons. The average Bonchev–Trinajstić information content (AvgIpc) is 2.91. The van der Waals surface area contributed by atoms with E-state index in [1.165, 1.54) is 11.1 Å². The van der Waals surface area contributed by atoms with Crippen LogP contribution in [0.25, 0.3) is 0 Å². The van der Waals surface area contributed by atoms with Crippen molar-refractivity contribution in [3.8, 4) is 17.2 Å². The Morgan fingerprint density at radius 3 is 2.41 bits per heavy atom. The van der Waals surface area contributed by atoms with E-state index in [0.717, 1.165) is 22.8 Å². The highest BCUT2D eigenvalue weighted by atomic mass is 16.7. The lowest BCUT2D eigenvalue weighted by atomic mass is 9.86. The van der Waals surface area contributed by atoms with Gasteiger partial charge in [-0.05, 0) is 29.5 Å². The monoisotopic (exact) mass is 298 g/mol. The molecule has 3 heteroatoms. The fraction of sp³-hybridized carbons (Fsp3) is 0.368. The molecule has 0 atom stereocenters. The molecule has 0 amide bonds. The van der Waals surface area contributed by atoms with Crippen molar-refractivity contribution in [3.05, 3.63) is 53.1 Å². The van der Waals surface area contributed by atoms with Crippen LogP contribution >= 0.6 is 0 Å². The molecular formula is C19H22O3. The first kappa shape index (κ1) is 14.8. The van der Waals surface area contributed by atoms with Crippen LogP contribution < -0.4 is 14.2 Å². The van der Waals surface area contributed by atoms with Crippen molar-refractivity contribution in [1.82, 2.24) is 0 Å². The Hall–Kier alpha value is -2.16. The molecule has 2 aromatic carbocycles. The summed E-state index contributed by atoms with van der Waals surface area (Å²) in [7, 11) is 0. The zero-order valence-corrected chi connectivity index (χ0v) is 13.6. The van der Waals surface area contributed by atoms with Gasteiger partial charge in [0.25, 0.3) is 0 Å². The van der Waals surface area contributed by atoms with E-state index in [1.54, 1.807) is 0 Å². The maximum absolute atomic E-state index is 6.12. The van der Waals surface area contributed by atoms with E-state index in [2.05, 4.69) is 39.8 Å². The number of ether oxygens (including phenoxy) is 3. The van der Waals surface area contributed by atoms with Crippen molar-refractivity contribution in [2.24, 2.45) is 0 Å². The normalized spacial score (nSPS) is 13.3. The van der Waals surface area contributed by atoms with Crippen LogP contribution in [0.2, 0.25) is 0 Å². The Morgan fingerprint density at radius 2 is 1.73 bits per heavy atom. The molecule has 0 aromatic heterocycles. The van der Waals surface area contributed by atoms with Crippen LogP contribution in [0.1, 0.15) is 37.5 Å². The van der Waals surface area contributed by atoms with E-state index in [9.17, 15) is 0 Å². The van der Waals surface area contributed by atoms with Gasteiger partial charge in [0.1, 0.15) is 12.4 Å². The Labute approximate surface area is 131 Å². The van der Waals surface area contributed by atoms with E-state index in [4.69, 9.17) is 14.2 Å². The minimum atomic E-state index is -0.0257. The summed E-state index contributed by atoms with van der Waals surface area (Å²) in [4.78, 5) is 0. The van der Waals surface area contributed by atoms with Gasteiger partial charge < -0.3 is 14.2 Å². The van der Waals surface area contributed by atoms with Gasteiger partial charge in [0.05, 0.1) is 0 Å². The fourth-order valence-corrected chi connectivity index (χ4v) is 2.56. The molecular weight excluding hydrogens is 276 g/mol. The quantitative estimate of drug-likeness (QED) is 0.829. The van der Waals surface area contributed by atoms with Gasteiger partial charge in [-0.2, -0.15) is 0 Å². The largest absolute Gasteiger partial charge is 0.488 e. The zero-order valence-electron chi connectivity index (χ0n) is 13.6. The van der Waals surface area contributed by atoms with Gasteiger partial charge in [-0.15, -0.1) is 0 Å². The molecule has 0 radical (unpaired) electrons. The molecule has 3 nitrogen and oxygen atoms in total. The van der Waals surface area contributed by atoms with Crippen molar-refractivity contribution in [3.63, 3.8) is 0 Å². The summed E-state index contributed by atoms with van der Waals surface area (Å²) in [6.07, 6.45) is 0. The number of hydrogen-bond donors (Lipinski definition) is 0. The first-order chi connectivity index (χ1) is 10.4. The highest BCUT2D eigenvalue weighted by Crippen LogP contribution is 2.42. The third-order valence-electron chi connectivity index (χ3n) is 3.93. The van der Waals surface area contributed by atoms with Gasteiger partial charge in [0, 0.05) is 11.6 Å². The minimum Gasteiger partial charge on any atom is -0.488 e. The van der Waals surface area contributed by atoms with E-state index < -0.39 is 0 Å². The molecule has 1 heterocycles. The lowest BCUT2D eigenvalue weighted by Gasteiger charge is -2.23. The van der Waals surface area contributed by atoms with E-state index in [-0.39, 0.29) is 12.2 Å². The SMILES string of the molecule is Cc1ccccc1COc1cc2c(cc1C(C)(C)C)OCO2. The minimum absolute atomic E-state index is 0.0257. The summed E-state index contributed by atoms with van der Waals surface area (Å²) in [6.45, 7) is 9.44. The topological polar surface area (TPSA) is 27.7 Å². The molecule has 1 aliphatic heterocycles. The van der Waals surface area contributed by atoms with Gasteiger partial charge in [-0.25, -0.2) is 0 Å². The second-order valence-corrected chi connectivity index (χ2v) is 6.67. The van der Waals surface area contributed by atoms with Crippen LogP contribution in [0.3, 0.4) is 0 Å². The predicted molar refractivity (Wildman–Crippen MR) is 86.8 cm³/mol. The fourth-order valence-electron chi connectivity index (χ4n) is 2.56. The van der Waals surface area contributed by atoms with Gasteiger partial charge in [0.15, 0.2) is 11.5 Å². The molecule has 0 aliphatic carbocycles. The summed E-state index contributed by atoms with van der Waals surface area (Å²) in [6, 6.07) is 12.3. The molecule has 0 bridgehead atoms. The first-order valence-electron chi connectivity index (χ1n) is 7.56. The van der Waals surface area contributed by atoms with Crippen LogP contribution in [0.4, 0.5) is 0 Å². The third kappa shape index (κ3) is 2.89. The number of aryl methyl sites for hydroxylation is 1. The van der Waals surface area contributed by atoms with Crippen molar-refractivity contribution in [2.45, 2.75) is 39.7 Å². The Bertz CT molecular complexity index is 684. The second-order valence-electron chi connectivity index (χ2n) is 6.67.